The van der Waals surface area contributed by atoms with E-state index in [0.29, 0.717) is 11.5 Å². The molecule has 0 aromatic rings. The molecule has 2 N–H and O–H groups in total. The molecule has 1 heterocycles. The Balaban J connectivity index is 1.79. The molecule has 0 radical (unpaired) electrons. The molecule has 4 unspecified atom stereocenters. The zero-order chi connectivity index (χ0) is 14.6. The summed E-state index contributed by atoms with van der Waals surface area (Å²) in [6, 6.07) is 0. The first-order valence-corrected chi connectivity index (χ1v) is 8.82. The zero-order valence-electron chi connectivity index (χ0n) is 13.9. The highest BCUT2D eigenvalue weighted by atomic mass is 16.5. The Bertz CT molecular complexity index is 278. The van der Waals surface area contributed by atoms with Crippen LogP contribution in [0.15, 0.2) is 0 Å². The Morgan fingerprint density at radius 2 is 1.85 bits per heavy atom. The van der Waals surface area contributed by atoms with E-state index in [1.807, 2.05) is 0 Å². The molecule has 0 aromatic carbocycles. The second-order valence-electron chi connectivity index (χ2n) is 8.20. The number of ether oxygens (including phenoxy) is 1. The van der Waals surface area contributed by atoms with Gasteiger partial charge in [-0.05, 0) is 68.2 Å². The van der Waals surface area contributed by atoms with Crippen LogP contribution in [0.2, 0.25) is 0 Å². The molecule has 2 nitrogen and oxygen atoms in total. The van der Waals surface area contributed by atoms with Gasteiger partial charge in [0.25, 0.3) is 0 Å². The lowest BCUT2D eigenvalue weighted by atomic mass is 9.64. The van der Waals surface area contributed by atoms with E-state index in [-0.39, 0.29) is 0 Å². The van der Waals surface area contributed by atoms with Gasteiger partial charge in [0.05, 0.1) is 6.10 Å². The summed E-state index contributed by atoms with van der Waals surface area (Å²) in [7, 11) is 0. The third-order valence-electron chi connectivity index (χ3n) is 5.79. The average Bonchev–Trinajstić information content (AvgIpc) is 2.90. The van der Waals surface area contributed by atoms with E-state index in [9.17, 15) is 0 Å². The van der Waals surface area contributed by atoms with Crippen LogP contribution in [0.1, 0.15) is 72.1 Å². The summed E-state index contributed by atoms with van der Waals surface area (Å²) in [6.45, 7) is 9.10. The summed E-state index contributed by atoms with van der Waals surface area (Å²) < 4.78 is 5.75. The Morgan fingerprint density at radius 1 is 1.05 bits per heavy atom. The standard InChI is InChI=1S/C18H35NO/c1-18(2,3)16-10-9-15(13-19)14(12-16)6-4-7-17-8-5-11-20-17/h14-17H,4-13,19H2,1-3H3. The van der Waals surface area contributed by atoms with Crippen molar-refractivity contribution in [2.75, 3.05) is 13.2 Å². The molecule has 0 bridgehead atoms. The summed E-state index contributed by atoms with van der Waals surface area (Å²) >= 11 is 0. The van der Waals surface area contributed by atoms with Gasteiger partial charge in [-0.2, -0.15) is 0 Å². The zero-order valence-corrected chi connectivity index (χ0v) is 13.9. The molecule has 2 heteroatoms. The van der Waals surface area contributed by atoms with E-state index >= 15 is 0 Å². The van der Waals surface area contributed by atoms with Gasteiger partial charge in [0.1, 0.15) is 0 Å². The highest BCUT2D eigenvalue weighted by molar-refractivity contribution is 4.86. The van der Waals surface area contributed by atoms with Gasteiger partial charge in [0.2, 0.25) is 0 Å². The maximum absolute atomic E-state index is 6.02. The SMILES string of the molecule is CC(C)(C)C1CCC(CN)C(CCCC2CCCO2)C1. The van der Waals surface area contributed by atoms with Crippen molar-refractivity contribution in [1.82, 2.24) is 0 Å². The Labute approximate surface area is 125 Å². The van der Waals surface area contributed by atoms with Crippen LogP contribution in [-0.4, -0.2) is 19.3 Å². The fourth-order valence-electron chi connectivity index (χ4n) is 4.26. The van der Waals surface area contributed by atoms with Gasteiger partial charge in [0, 0.05) is 6.61 Å². The van der Waals surface area contributed by atoms with Crippen LogP contribution in [0.4, 0.5) is 0 Å². The van der Waals surface area contributed by atoms with Crippen molar-refractivity contribution >= 4 is 0 Å². The van der Waals surface area contributed by atoms with E-state index in [1.54, 1.807) is 0 Å². The third-order valence-corrected chi connectivity index (χ3v) is 5.79. The first-order valence-electron chi connectivity index (χ1n) is 8.82. The highest BCUT2D eigenvalue weighted by Crippen LogP contribution is 2.44. The Hall–Kier alpha value is -0.0800. The van der Waals surface area contributed by atoms with Crippen molar-refractivity contribution in [2.24, 2.45) is 28.9 Å². The van der Waals surface area contributed by atoms with Gasteiger partial charge in [-0.25, -0.2) is 0 Å². The molecule has 0 aromatic heterocycles. The average molecular weight is 281 g/mol. The minimum Gasteiger partial charge on any atom is -0.378 e. The van der Waals surface area contributed by atoms with E-state index in [2.05, 4.69) is 20.8 Å². The fraction of sp³-hybridized carbons (Fsp3) is 1.00. The molecule has 0 amide bonds. The predicted octanol–water partition coefficient (Wildman–Crippen LogP) is 4.37. The minimum atomic E-state index is 0.465. The number of nitrogens with two attached hydrogens (primary N) is 1. The Morgan fingerprint density at radius 3 is 2.45 bits per heavy atom. The van der Waals surface area contributed by atoms with Crippen LogP contribution in [0.25, 0.3) is 0 Å². The number of hydrogen-bond acceptors (Lipinski definition) is 2. The van der Waals surface area contributed by atoms with Crippen molar-refractivity contribution in [3.05, 3.63) is 0 Å². The molecule has 1 aliphatic heterocycles. The van der Waals surface area contributed by atoms with E-state index < -0.39 is 0 Å². The maximum Gasteiger partial charge on any atom is 0.0576 e. The van der Waals surface area contributed by atoms with Crippen LogP contribution < -0.4 is 5.73 Å². The molecule has 20 heavy (non-hydrogen) atoms. The molecule has 1 saturated carbocycles. The minimum absolute atomic E-state index is 0.465. The van der Waals surface area contributed by atoms with E-state index in [4.69, 9.17) is 10.5 Å². The topological polar surface area (TPSA) is 35.2 Å². The maximum atomic E-state index is 6.02. The van der Waals surface area contributed by atoms with Crippen LogP contribution in [0, 0.1) is 23.2 Å². The molecule has 1 aliphatic carbocycles. The smallest absolute Gasteiger partial charge is 0.0576 e. The molecule has 2 aliphatic rings. The van der Waals surface area contributed by atoms with Crippen LogP contribution in [0.3, 0.4) is 0 Å². The molecule has 2 rings (SSSR count). The lowest BCUT2D eigenvalue weighted by Crippen LogP contribution is -2.35. The molecule has 0 spiro atoms. The van der Waals surface area contributed by atoms with Gasteiger partial charge >= 0.3 is 0 Å². The van der Waals surface area contributed by atoms with Crippen molar-refractivity contribution in [1.29, 1.82) is 0 Å². The number of hydrogen-bond donors (Lipinski definition) is 1. The van der Waals surface area contributed by atoms with Crippen molar-refractivity contribution in [3.63, 3.8) is 0 Å². The molecule has 118 valence electrons. The van der Waals surface area contributed by atoms with Crippen LogP contribution >= 0.6 is 0 Å². The lowest BCUT2D eigenvalue weighted by Gasteiger charge is -2.42. The van der Waals surface area contributed by atoms with Gasteiger partial charge < -0.3 is 10.5 Å². The molecule has 4 atom stereocenters. The highest BCUT2D eigenvalue weighted by Gasteiger charge is 2.35. The summed E-state index contributed by atoms with van der Waals surface area (Å²) in [4.78, 5) is 0. The summed E-state index contributed by atoms with van der Waals surface area (Å²) in [5, 5.41) is 0. The lowest BCUT2D eigenvalue weighted by molar-refractivity contribution is 0.0812. The monoisotopic (exact) mass is 281 g/mol. The van der Waals surface area contributed by atoms with Gasteiger partial charge in [0.15, 0.2) is 0 Å². The fourth-order valence-corrected chi connectivity index (χ4v) is 4.26. The van der Waals surface area contributed by atoms with Crippen molar-refractivity contribution in [3.8, 4) is 0 Å². The summed E-state index contributed by atoms with van der Waals surface area (Å²) in [6.07, 6.45) is 11.2. The van der Waals surface area contributed by atoms with Gasteiger partial charge in [-0.15, -0.1) is 0 Å². The molecular formula is C18H35NO. The normalized spacial score (nSPS) is 35.4. The molecule has 2 fully saturated rings. The molecule has 1 saturated heterocycles. The summed E-state index contributed by atoms with van der Waals surface area (Å²) in [5.74, 6) is 2.52. The predicted molar refractivity (Wildman–Crippen MR) is 85.7 cm³/mol. The van der Waals surface area contributed by atoms with Crippen LogP contribution in [-0.2, 0) is 4.74 Å². The van der Waals surface area contributed by atoms with Crippen molar-refractivity contribution < 1.29 is 4.74 Å². The van der Waals surface area contributed by atoms with Crippen molar-refractivity contribution in [2.45, 2.75) is 78.2 Å². The largest absolute Gasteiger partial charge is 0.378 e. The van der Waals surface area contributed by atoms with E-state index in [1.165, 1.54) is 51.4 Å². The third kappa shape index (κ3) is 4.46. The second-order valence-corrected chi connectivity index (χ2v) is 8.20. The van der Waals surface area contributed by atoms with Crippen LogP contribution in [0.5, 0.6) is 0 Å². The Kier molecular flexibility index (Phi) is 5.92. The second kappa shape index (κ2) is 7.26. The van der Waals surface area contributed by atoms with Gasteiger partial charge in [-0.1, -0.05) is 33.6 Å². The summed E-state index contributed by atoms with van der Waals surface area (Å²) in [5.41, 5.74) is 6.48. The van der Waals surface area contributed by atoms with E-state index in [0.717, 1.165) is 30.9 Å². The molecular weight excluding hydrogens is 246 g/mol. The quantitative estimate of drug-likeness (QED) is 0.812. The first kappa shape index (κ1) is 16.3. The van der Waals surface area contributed by atoms with Gasteiger partial charge in [-0.3, -0.25) is 0 Å². The number of rotatable bonds is 5. The first-order chi connectivity index (χ1) is 9.50.